The van der Waals surface area contributed by atoms with Crippen LogP contribution < -0.4 is 9.42 Å². The maximum Gasteiger partial charge on any atom is 0.272 e. The first-order chi connectivity index (χ1) is 38.8. The molecule has 0 saturated heterocycles. The molecule has 0 aliphatic carbocycles. The quantitative estimate of drug-likeness (QED) is 0.101. The number of fused-ring (bicyclic) bond motifs is 3. The standard InChI is InChI=1S/C66H57N5O.Pt/c1-64(2,3)49-38-50(65(4,5)6)40-52(39-49)70-44-69(63(68-70)62-55(45-22-12-9-13-23-45)31-21-32-56(62)46-24-14-10-15-25-46)51-28-20-29-53(42-51)72-54-34-35-58-57-30-18-19-33-59(57)71(60(58)43-54)61-41-48(36-37-67-61)66(7,8)47-26-16-11-17-27-47;/h9-41H,1-8H3;/q-2;/i9D,10D,12D,13D,14D,15D,22D,23D,24D,25D;. The van der Waals surface area contributed by atoms with E-state index in [2.05, 4.69) is 115 Å². The van der Waals surface area contributed by atoms with Crippen LogP contribution in [0.2, 0.25) is 0 Å². The number of hydrogen-bond acceptors (Lipinski definition) is 3. The molecule has 0 fully saturated rings. The first-order valence-corrected chi connectivity index (χ1v) is 23.9. The molecule has 0 saturated carbocycles. The molecular weight excluding hydrogens is 1070 g/mol. The number of ether oxygens (including phenoxy) is 1. The Hall–Kier alpha value is -7.66. The largest absolute Gasteiger partial charge is 0.510 e. The maximum atomic E-state index is 9.25. The molecule has 0 radical (unpaired) electrons. The molecule has 6 nitrogen and oxygen atoms in total. The Morgan fingerprint density at radius 2 is 1.18 bits per heavy atom. The molecule has 0 amide bonds. The number of benzene rings is 8. The smallest absolute Gasteiger partial charge is 0.272 e. The summed E-state index contributed by atoms with van der Waals surface area (Å²) in [7, 11) is 0. The van der Waals surface area contributed by atoms with Gasteiger partial charge in [0.25, 0.3) is 6.33 Å². The van der Waals surface area contributed by atoms with E-state index in [0.29, 0.717) is 22.9 Å². The van der Waals surface area contributed by atoms with Crippen LogP contribution in [0.3, 0.4) is 0 Å². The van der Waals surface area contributed by atoms with Crippen LogP contribution in [0.15, 0.2) is 200 Å². The number of aromatic nitrogens is 5. The molecule has 364 valence electrons. The van der Waals surface area contributed by atoms with Crippen molar-refractivity contribution in [2.75, 3.05) is 0 Å². The number of pyridine rings is 1. The second-order valence-corrected chi connectivity index (χ2v) is 20.5. The van der Waals surface area contributed by atoms with E-state index < -0.39 is 60.4 Å². The van der Waals surface area contributed by atoms with Crippen LogP contribution in [-0.4, -0.2) is 19.2 Å². The van der Waals surface area contributed by atoms with Gasteiger partial charge >= 0.3 is 0 Å². The van der Waals surface area contributed by atoms with Crippen LogP contribution in [0.1, 0.15) is 91.4 Å². The van der Waals surface area contributed by atoms with Crippen molar-refractivity contribution in [1.29, 1.82) is 0 Å². The van der Waals surface area contributed by atoms with Crippen molar-refractivity contribution in [2.24, 2.45) is 0 Å². The van der Waals surface area contributed by atoms with Gasteiger partial charge in [-0.2, -0.15) is 22.9 Å². The van der Waals surface area contributed by atoms with Crippen LogP contribution in [0.25, 0.3) is 72.6 Å². The van der Waals surface area contributed by atoms with Gasteiger partial charge in [0.05, 0.1) is 19.4 Å². The number of para-hydroxylation sites is 1. The van der Waals surface area contributed by atoms with E-state index in [1.165, 1.54) is 5.56 Å². The SMILES string of the molecule is [2H]c1c([2H])c([2H])c(-c2cccc(-c3c([2H])c([2H])c([2H])c([2H])c3[2H])c2-c2n[n+](-c3cc(C(C)(C)C)cc(C(C)(C)C)c3)[c-]n2-c2[c-]c(Oc3[c-]c4c(cc3)c3ccccc3n4-c3cc(C(C)(C)c4ccccc4)ccn3)ccc2)c([2H])c1[2H].[Pt]. The predicted molar refractivity (Wildman–Crippen MR) is 293 cm³/mol. The van der Waals surface area contributed by atoms with Crippen LogP contribution in [0.4, 0.5) is 0 Å². The molecule has 0 atom stereocenters. The Bertz CT molecular complexity index is 4210. The minimum atomic E-state index is -0.596. The van der Waals surface area contributed by atoms with E-state index in [-0.39, 0.29) is 76.7 Å². The summed E-state index contributed by atoms with van der Waals surface area (Å²) in [4.78, 5) is 4.92. The van der Waals surface area contributed by atoms with Gasteiger partial charge in [0.15, 0.2) is 5.82 Å². The third-order valence-corrected chi connectivity index (χ3v) is 13.3. The Balaban J connectivity index is 0.00000769. The third kappa shape index (κ3) is 9.49. The average molecular weight is 1140 g/mol. The summed E-state index contributed by atoms with van der Waals surface area (Å²) in [5.41, 5.74) is 5.84. The van der Waals surface area contributed by atoms with Crippen LogP contribution in [-0.2, 0) is 37.3 Å². The zero-order valence-electron chi connectivity index (χ0n) is 51.7. The van der Waals surface area contributed by atoms with E-state index in [1.54, 1.807) is 45.6 Å². The van der Waals surface area contributed by atoms with E-state index in [0.717, 1.165) is 38.5 Å². The summed E-state index contributed by atoms with van der Waals surface area (Å²) in [5.74, 6) is 1.42. The van der Waals surface area contributed by atoms with Crippen molar-refractivity contribution in [2.45, 2.75) is 71.6 Å². The van der Waals surface area contributed by atoms with Crippen LogP contribution in [0, 0.1) is 18.5 Å². The summed E-state index contributed by atoms with van der Waals surface area (Å²) < 4.78 is 101. The summed E-state index contributed by atoms with van der Waals surface area (Å²) in [6.07, 6.45) is 5.29. The molecule has 11 rings (SSSR count). The van der Waals surface area contributed by atoms with E-state index in [1.807, 2.05) is 66.9 Å². The van der Waals surface area contributed by atoms with Crippen LogP contribution >= 0.6 is 0 Å². The third-order valence-electron chi connectivity index (χ3n) is 13.3. The fourth-order valence-corrected chi connectivity index (χ4v) is 9.20. The Morgan fingerprint density at radius 3 is 1.84 bits per heavy atom. The number of nitrogens with zero attached hydrogens (tertiary/aromatic N) is 5. The molecule has 0 unspecified atom stereocenters. The van der Waals surface area contributed by atoms with Gasteiger partial charge in [0, 0.05) is 55.3 Å². The molecular formula is C66H57N5OPt-2. The van der Waals surface area contributed by atoms with E-state index >= 15 is 0 Å². The fraction of sp³-hybridized carbons (Fsp3) is 0.167. The summed E-state index contributed by atoms with van der Waals surface area (Å²) in [5, 5.41) is 7.23. The molecule has 0 N–H and O–H groups in total. The molecule has 0 bridgehead atoms. The molecule has 7 heteroatoms. The Kier molecular flexibility index (Phi) is 10.1. The van der Waals surface area contributed by atoms with Crippen molar-refractivity contribution >= 4 is 21.8 Å². The van der Waals surface area contributed by atoms with E-state index in [9.17, 15) is 5.48 Å². The fourth-order valence-electron chi connectivity index (χ4n) is 9.20. The van der Waals surface area contributed by atoms with Crippen molar-refractivity contribution in [3.63, 3.8) is 0 Å². The zero-order valence-corrected chi connectivity index (χ0v) is 44.0. The number of rotatable bonds is 10. The number of hydrogen-bond donors (Lipinski definition) is 0. The van der Waals surface area contributed by atoms with Gasteiger partial charge in [-0.3, -0.25) is 0 Å². The molecule has 0 aliphatic rings. The van der Waals surface area contributed by atoms with Gasteiger partial charge in [-0.05, 0) is 78.9 Å². The topological polar surface area (TPSA) is 48.8 Å². The second kappa shape index (κ2) is 19.4. The van der Waals surface area contributed by atoms with Crippen molar-refractivity contribution < 1.29 is 44.2 Å². The molecule has 3 heterocycles. The van der Waals surface area contributed by atoms with Gasteiger partial charge in [-0.15, -0.1) is 34.8 Å². The van der Waals surface area contributed by atoms with Crippen molar-refractivity contribution in [3.8, 4) is 62.3 Å². The van der Waals surface area contributed by atoms with Gasteiger partial charge < -0.3 is 13.9 Å². The van der Waals surface area contributed by atoms with Crippen molar-refractivity contribution in [1.82, 2.24) is 19.2 Å². The molecule has 8 aromatic carbocycles. The minimum absolute atomic E-state index is 0. The summed E-state index contributed by atoms with van der Waals surface area (Å²) >= 11 is 0. The van der Waals surface area contributed by atoms with Crippen molar-refractivity contribution in [3.05, 3.63) is 241 Å². The maximum absolute atomic E-state index is 9.25. The summed E-state index contributed by atoms with van der Waals surface area (Å²) in [6, 6.07) is 44.2. The van der Waals surface area contributed by atoms with E-state index in [4.69, 9.17) is 23.0 Å². The van der Waals surface area contributed by atoms with Gasteiger partial charge in [-0.1, -0.05) is 212 Å². The Labute approximate surface area is 457 Å². The molecule has 73 heavy (non-hydrogen) atoms. The first-order valence-electron chi connectivity index (χ1n) is 28.9. The van der Waals surface area contributed by atoms with Gasteiger partial charge in [-0.25, -0.2) is 4.98 Å². The molecule has 11 aromatic rings. The van der Waals surface area contributed by atoms with Gasteiger partial charge in [0.1, 0.15) is 5.82 Å². The summed E-state index contributed by atoms with van der Waals surface area (Å²) in [6.45, 7) is 17.1. The second-order valence-electron chi connectivity index (χ2n) is 20.5. The predicted octanol–water partition coefficient (Wildman–Crippen LogP) is 15.8. The van der Waals surface area contributed by atoms with Gasteiger partial charge in [0.2, 0.25) is 0 Å². The zero-order chi connectivity index (χ0) is 58.5. The normalized spacial score (nSPS) is 13.9. The first kappa shape index (κ1) is 38.0. The Morgan fingerprint density at radius 1 is 0.562 bits per heavy atom. The molecule has 0 spiro atoms. The average Bonchev–Trinajstić information content (AvgIpc) is 2.33. The molecule has 0 aliphatic heterocycles. The minimum Gasteiger partial charge on any atom is -0.510 e. The monoisotopic (exact) mass is 1140 g/mol. The van der Waals surface area contributed by atoms with Crippen LogP contribution in [0.5, 0.6) is 11.5 Å². The molecule has 3 aromatic heterocycles.